The number of ketones is 1. The van der Waals surface area contributed by atoms with Gasteiger partial charge in [0.1, 0.15) is 12.4 Å². The highest BCUT2D eigenvalue weighted by Gasteiger charge is 2.14. The Labute approximate surface area is 145 Å². The number of hydrogen-bond acceptors (Lipinski definition) is 3. The molecule has 3 aromatic carbocycles. The summed E-state index contributed by atoms with van der Waals surface area (Å²) < 4.78 is 5.80. The van der Waals surface area contributed by atoms with Crippen LogP contribution < -0.4 is 4.74 Å². The van der Waals surface area contributed by atoms with E-state index in [9.17, 15) is 9.59 Å². The molecule has 124 valence electrons. The minimum Gasteiger partial charge on any atom is -0.488 e. The van der Waals surface area contributed by atoms with Crippen LogP contribution in [0.5, 0.6) is 5.75 Å². The van der Waals surface area contributed by atoms with Crippen LogP contribution in [0.4, 0.5) is 0 Å². The zero-order valence-corrected chi connectivity index (χ0v) is 13.4. The molecule has 0 amide bonds. The van der Waals surface area contributed by atoms with Crippen molar-refractivity contribution in [2.45, 2.75) is 6.61 Å². The Hall–Kier alpha value is -3.40. The fourth-order valence-corrected chi connectivity index (χ4v) is 2.43. The van der Waals surface area contributed by atoms with Crippen LogP contribution in [-0.2, 0) is 6.61 Å². The zero-order chi connectivity index (χ0) is 17.6. The molecule has 0 aliphatic rings. The first-order valence-electron chi connectivity index (χ1n) is 7.79. The predicted molar refractivity (Wildman–Crippen MR) is 94.0 cm³/mol. The molecule has 0 radical (unpaired) electrons. The van der Waals surface area contributed by atoms with Gasteiger partial charge in [0.05, 0.1) is 11.1 Å². The molecule has 0 saturated heterocycles. The Morgan fingerprint density at radius 3 is 2.08 bits per heavy atom. The van der Waals surface area contributed by atoms with E-state index in [1.165, 1.54) is 12.1 Å². The molecule has 0 saturated carbocycles. The number of carboxylic acid groups (broad SMARTS) is 1. The first kappa shape index (κ1) is 16.5. The molecule has 3 rings (SSSR count). The van der Waals surface area contributed by atoms with Crippen molar-refractivity contribution >= 4 is 11.8 Å². The average Bonchev–Trinajstić information content (AvgIpc) is 2.67. The van der Waals surface area contributed by atoms with Gasteiger partial charge in [-0.1, -0.05) is 54.6 Å². The Bertz CT molecular complexity index is 883. The highest BCUT2D eigenvalue weighted by molar-refractivity contribution is 6.10. The van der Waals surface area contributed by atoms with Gasteiger partial charge in [-0.3, -0.25) is 4.79 Å². The summed E-state index contributed by atoms with van der Waals surface area (Å²) >= 11 is 0. The van der Waals surface area contributed by atoms with Gasteiger partial charge in [0, 0.05) is 5.56 Å². The van der Waals surface area contributed by atoms with Gasteiger partial charge in [-0.05, 0) is 29.8 Å². The molecule has 1 N–H and O–H groups in total. The van der Waals surface area contributed by atoms with Crippen LogP contribution in [0.2, 0.25) is 0 Å². The van der Waals surface area contributed by atoms with Crippen LogP contribution >= 0.6 is 0 Å². The van der Waals surface area contributed by atoms with Gasteiger partial charge in [0.25, 0.3) is 0 Å². The summed E-state index contributed by atoms with van der Waals surface area (Å²) in [5, 5.41) is 8.92. The quantitative estimate of drug-likeness (QED) is 0.687. The van der Waals surface area contributed by atoms with Gasteiger partial charge in [0.2, 0.25) is 0 Å². The van der Waals surface area contributed by atoms with Crippen molar-refractivity contribution in [2.24, 2.45) is 0 Å². The second-order valence-electron chi connectivity index (χ2n) is 5.48. The summed E-state index contributed by atoms with van der Waals surface area (Å²) in [6.45, 7) is 0.249. The van der Waals surface area contributed by atoms with Gasteiger partial charge < -0.3 is 9.84 Å². The van der Waals surface area contributed by atoms with Crippen LogP contribution in [0.3, 0.4) is 0 Å². The van der Waals surface area contributed by atoms with E-state index in [0.29, 0.717) is 16.9 Å². The number of carboxylic acids is 1. The lowest BCUT2D eigenvalue weighted by Gasteiger charge is -2.11. The standard InChI is InChI=1S/C21H16O4/c22-20(16-6-2-1-3-7-16)18-8-4-5-9-19(18)25-14-15-10-12-17(13-11-15)21(23)24/h1-13H,14H2,(H,23,24). The number of ether oxygens (including phenoxy) is 1. The summed E-state index contributed by atoms with van der Waals surface area (Å²) in [5.41, 5.74) is 2.15. The van der Waals surface area contributed by atoms with Crippen molar-refractivity contribution < 1.29 is 19.4 Å². The molecule has 0 fully saturated rings. The fraction of sp³-hybridized carbons (Fsp3) is 0.0476. The first-order chi connectivity index (χ1) is 12.1. The van der Waals surface area contributed by atoms with Gasteiger partial charge >= 0.3 is 5.97 Å². The molecule has 25 heavy (non-hydrogen) atoms. The first-order valence-corrected chi connectivity index (χ1v) is 7.79. The van der Waals surface area contributed by atoms with Gasteiger partial charge in [-0.15, -0.1) is 0 Å². The third kappa shape index (κ3) is 3.93. The number of carbonyl (C=O) groups is 2. The van der Waals surface area contributed by atoms with E-state index in [-0.39, 0.29) is 18.0 Å². The van der Waals surface area contributed by atoms with E-state index in [1.54, 1.807) is 42.5 Å². The van der Waals surface area contributed by atoms with Crippen molar-refractivity contribution in [3.63, 3.8) is 0 Å². The molecule has 0 aliphatic carbocycles. The molecular weight excluding hydrogens is 316 g/mol. The van der Waals surface area contributed by atoms with Gasteiger partial charge in [-0.2, -0.15) is 0 Å². The Kier molecular flexibility index (Phi) is 4.90. The van der Waals surface area contributed by atoms with E-state index >= 15 is 0 Å². The SMILES string of the molecule is O=C(O)c1ccc(COc2ccccc2C(=O)c2ccccc2)cc1. The van der Waals surface area contributed by atoms with Crippen molar-refractivity contribution in [3.8, 4) is 5.75 Å². The van der Waals surface area contributed by atoms with Gasteiger partial charge in [0.15, 0.2) is 5.78 Å². The number of benzene rings is 3. The van der Waals surface area contributed by atoms with Crippen LogP contribution in [0.25, 0.3) is 0 Å². The molecule has 0 atom stereocenters. The van der Waals surface area contributed by atoms with E-state index in [2.05, 4.69) is 0 Å². The minimum absolute atomic E-state index is 0.0996. The van der Waals surface area contributed by atoms with Crippen molar-refractivity contribution in [1.82, 2.24) is 0 Å². The monoisotopic (exact) mass is 332 g/mol. The Balaban J connectivity index is 1.77. The highest BCUT2D eigenvalue weighted by atomic mass is 16.5. The second-order valence-corrected chi connectivity index (χ2v) is 5.48. The van der Waals surface area contributed by atoms with Crippen molar-refractivity contribution in [1.29, 1.82) is 0 Å². The lowest BCUT2D eigenvalue weighted by molar-refractivity contribution is 0.0696. The largest absolute Gasteiger partial charge is 0.488 e. The smallest absolute Gasteiger partial charge is 0.335 e. The maximum absolute atomic E-state index is 12.7. The van der Waals surface area contributed by atoms with E-state index in [1.807, 2.05) is 24.3 Å². The van der Waals surface area contributed by atoms with E-state index in [4.69, 9.17) is 9.84 Å². The molecule has 0 unspecified atom stereocenters. The fourth-order valence-electron chi connectivity index (χ4n) is 2.43. The summed E-state index contributed by atoms with van der Waals surface area (Å²) in [5.74, 6) is -0.567. The predicted octanol–water partition coefficient (Wildman–Crippen LogP) is 4.19. The van der Waals surface area contributed by atoms with Crippen molar-refractivity contribution in [3.05, 3.63) is 101 Å². The van der Waals surface area contributed by atoms with E-state index < -0.39 is 5.97 Å². The summed E-state index contributed by atoms with van der Waals surface area (Å²) in [6.07, 6.45) is 0. The normalized spacial score (nSPS) is 10.2. The lowest BCUT2D eigenvalue weighted by atomic mass is 10.0. The van der Waals surface area contributed by atoms with Crippen LogP contribution in [0.15, 0.2) is 78.9 Å². The molecule has 0 aliphatic heterocycles. The molecule has 4 nitrogen and oxygen atoms in total. The highest BCUT2D eigenvalue weighted by Crippen LogP contribution is 2.22. The number of hydrogen-bond donors (Lipinski definition) is 1. The summed E-state index contributed by atoms with van der Waals surface area (Å²) in [7, 11) is 0. The minimum atomic E-state index is -0.966. The lowest BCUT2D eigenvalue weighted by Crippen LogP contribution is -2.05. The number of carbonyl (C=O) groups excluding carboxylic acids is 1. The molecule has 0 bridgehead atoms. The molecular formula is C21H16O4. The maximum Gasteiger partial charge on any atom is 0.335 e. The number of para-hydroxylation sites is 1. The van der Waals surface area contributed by atoms with Crippen LogP contribution in [-0.4, -0.2) is 16.9 Å². The molecule has 0 heterocycles. The maximum atomic E-state index is 12.7. The topological polar surface area (TPSA) is 63.6 Å². The van der Waals surface area contributed by atoms with Crippen LogP contribution in [0, 0.1) is 0 Å². The zero-order valence-electron chi connectivity index (χ0n) is 13.4. The van der Waals surface area contributed by atoms with Crippen molar-refractivity contribution in [2.75, 3.05) is 0 Å². The summed E-state index contributed by atoms with van der Waals surface area (Å²) in [6, 6.07) is 22.6. The average molecular weight is 332 g/mol. The molecule has 3 aromatic rings. The number of rotatable bonds is 6. The molecule has 4 heteroatoms. The molecule has 0 spiro atoms. The Morgan fingerprint density at radius 1 is 0.760 bits per heavy atom. The molecule has 0 aromatic heterocycles. The second kappa shape index (κ2) is 7.45. The number of aromatic carboxylic acids is 1. The third-order valence-electron chi connectivity index (χ3n) is 3.76. The van der Waals surface area contributed by atoms with Gasteiger partial charge in [-0.25, -0.2) is 4.79 Å². The van der Waals surface area contributed by atoms with E-state index in [0.717, 1.165) is 5.56 Å². The Morgan fingerprint density at radius 2 is 1.40 bits per heavy atom. The summed E-state index contributed by atoms with van der Waals surface area (Å²) in [4.78, 5) is 23.5. The third-order valence-corrected chi connectivity index (χ3v) is 3.76. The van der Waals surface area contributed by atoms with Crippen LogP contribution in [0.1, 0.15) is 31.8 Å².